The number of amidine groups is 1. The van der Waals surface area contributed by atoms with Gasteiger partial charge in [0.2, 0.25) is 0 Å². The van der Waals surface area contributed by atoms with Crippen molar-refractivity contribution in [2.24, 2.45) is 16.7 Å². The predicted octanol–water partition coefficient (Wildman–Crippen LogP) is 6.04. The Morgan fingerprint density at radius 2 is 1.67 bits per heavy atom. The van der Waals surface area contributed by atoms with E-state index in [0.29, 0.717) is 23.4 Å². The van der Waals surface area contributed by atoms with Gasteiger partial charge >= 0.3 is 13.3 Å². The van der Waals surface area contributed by atoms with Crippen LogP contribution in [0.2, 0.25) is 5.02 Å². The number of hydrogen-bond acceptors (Lipinski definition) is 7. The second-order valence-electron chi connectivity index (χ2n) is 9.34. The summed E-state index contributed by atoms with van der Waals surface area (Å²) in [4.78, 5) is 19.1. The van der Waals surface area contributed by atoms with Crippen LogP contribution in [0.3, 0.4) is 0 Å². The molecule has 14 heteroatoms. The molecule has 7 N–H and O–H groups in total. The Balaban J connectivity index is 1.60. The molecule has 0 unspecified atom stereocenters. The maximum atomic E-state index is 14.3. The first-order chi connectivity index (χ1) is 20.4. The lowest BCUT2D eigenvalue weighted by atomic mass is 10.0. The van der Waals surface area contributed by atoms with E-state index < -0.39 is 23.8 Å². The number of benzene rings is 4. The largest absolute Gasteiger partial charge is 0.496 e. The van der Waals surface area contributed by atoms with E-state index in [1.807, 2.05) is 77.1 Å². The third kappa shape index (κ3) is 7.92. The smallest absolute Gasteiger partial charge is 0.399 e. The lowest BCUT2D eigenvalue weighted by molar-refractivity contribution is 0.0565. The fourth-order valence-corrected chi connectivity index (χ4v) is 6.20. The molecule has 0 aliphatic carbocycles. The highest BCUT2D eigenvalue weighted by atomic mass is 35.5. The molecular weight excluding hydrogens is 619 g/mol. The monoisotopic (exact) mass is 647 g/mol. The number of halogens is 3. The highest BCUT2D eigenvalue weighted by Gasteiger charge is 2.51. The minimum absolute atomic E-state index is 0.253. The quantitative estimate of drug-likeness (QED) is 0.0310. The summed E-state index contributed by atoms with van der Waals surface area (Å²) in [6.45, 7) is 0.713. The van der Waals surface area contributed by atoms with Crippen molar-refractivity contribution in [1.29, 1.82) is 0 Å². The van der Waals surface area contributed by atoms with Gasteiger partial charge in [0.25, 0.3) is 0 Å². The summed E-state index contributed by atoms with van der Waals surface area (Å²) < 4.78 is 47.5. The van der Waals surface area contributed by atoms with E-state index in [1.165, 1.54) is 24.1 Å². The second kappa shape index (κ2) is 13.9. The third-order valence-electron chi connectivity index (χ3n) is 6.37. The van der Waals surface area contributed by atoms with E-state index >= 15 is 0 Å². The number of hydrogen-bond donors (Lipinski definition) is 5. The molecule has 43 heavy (non-hydrogen) atoms. The maximum absolute atomic E-state index is 14.3. The van der Waals surface area contributed by atoms with Gasteiger partial charge in [-0.2, -0.15) is 8.78 Å². The van der Waals surface area contributed by atoms with Gasteiger partial charge in [0.1, 0.15) is 5.75 Å². The van der Waals surface area contributed by atoms with Crippen molar-refractivity contribution >= 4 is 37.0 Å². The molecule has 0 aliphatic rings. The number of methoxy groups -OCH3 is 1. The van der Waals surface area contributed by atoms with Crippen LogP contribution in [0, 0.1) is 0 Å². The zero-order chi connectivity index (χ0) is 31.2. The van der Waals surface area contributed by atoms with Gasteiger partial charge in [-0.1, -0.05) is 78.3 Å². The molecule has 0 heterocycles. The summed E-state index contributed by atoms with van der Waals surface area (Å²) in [6, 6.07) is 26.6. The summed E-state index contributed by atoms with van der Waals surface area (Å²) in [6.07, 6.45) is 0. The van der Waals surface area contributed by atoms with Crippen LogP contribution in [0.1, 0.15) is 22.3 Å². The maximum Gasteiger partial charge on any atom is 0.399 e. The van der Waals surface area contributed by atoms with Gasteiger partial charge in [0, 0.05) is 18.7 Å². The molecule has 0 aliphatic heterocycles. The van der Waals surface area contributed by atoms with Gasteiger partial charge in [-0.15, -0.1) is 5.10 Å². The number of hydrazone groups is 1. The van der Waals surface area contributed by atoms with E-state index in [1.54, 1.807) is 7.11 Å². The topological polar surface area (TPSA) is 146 Å². The van der Waals surface area contributed by atoms with Crippen molar-refractivity contribution in [3.05, 3.63) is 118 Å². The van der Waals surface area contributed by atoms with Gasteiger partial charge < -0.3 is 20.3 Å². The third-order valence-corrected chi connectivity index (χ3v) is 8.70. The molecule has 0 bridgehead atoms. The van der Waals surface area contributed by atoms with Crippen LogP contribution in [-0.2, 0) is 23.3 Å². The highest BCUT2D eigenvalue weighted by molar-refractivity contribution is 7.97. The predicted molar refractivity (Wildman–Crippen MR) is 165 cm³/mol. The molecule has 0 saturated heterocycles. The van der Waals surface area contributed by atoms with E-state index in [4.69, 9.17) is 37.7 Å². The number of nitrogens with one attached hydrogen (secondary N) is 1. The number of hydrazine groups is 1. The summed E-state index contributed by atoms with van der Waals surface area (Å²) >= 11 is 7.51. The summed E-state index contributed by atoms with van der Waals surface area (Å²) in [5, 5.41) is 3.38. The van der Waals surface area contributed by atoms with Crippen molar-refractivity contribution in [1.82, 2.24) is 9.84 Å². The van der Waals surface area contributed by atoms with E-state index in [9.17, 15) is 13.3 Å². The van der Waals surface area contributed by atoms with Crippen LogP contribution in [-0.4, -0.2) is 27.0 Å². The minimum Gasteiger partial charge on any atom is -0.496 e. The SMILES string of the molecule is COc1ccccc1SN(Cc1ccc(-c2cccc(/C(N)=N/NN)c2)cc1)Cc1ccc(C(F)(F)P(=O)(O)O)c(Cl)c1. The van der Waals surface area contributed by atoms with Crippen molar-refractivity contribution in [3.63, 3.8) is 0 Å². The van der Waals surface area contributed by atoms with Crippen LogP contribution >= 0.6 is 31.1 Å². The lowest BCUT2D eigenvalue weighted by Crippen LogP contribution is -2.22. The average Bonchev–Trinajstić information content (AvgIpc) is 2.97. The number of nitrogens with zero attached hydrogens (tertiary/aromatic N) is 2. The first kappa shape index (κ1) is 32.4. The Labute approximate surface area is 256 Å². The fraction of sp³-hybridized carbons (Fsp3) is 0.138. The van der Waals surface area contributed by atoms with Gasteiger partial charge in [0.15, 0.2) is 5.84 Å². The van der Waals surface area contributed by atoms with Crippen molar-refractivity contribution < 1.29 is 27.9 Å². The molecule has 4 rings (SSSR count). The minimum atomic E-state index is -5.76. The lowest BCUT2D eigenvalue weighted by Gasteiger charge is -2.24. The Kier molecular flexibility index (Phi) is 10.5. The van der Waals surface area contributed by atoms with Crippen molar-refractivity contribution in [3.8, 4) is 16.9 Å². The first-order valence-corrected chi connectivity index (χ1v) is 15.5. The summed E-state index contributed by atoms with van der Waals surface area (Å²) in [5.41, 5.74) is 6.93. The van der Waals surface area contributed by atoms with Gasteiger partial charge in [0.05, 0.1) is 22.6 Å². The molecule has 0 amide bonds. The summed E-state index contributed by atoms with van der Waals surface area (Å²) in [5.74, 6) is 6.15. The Morgan fingerprint density at radius 3 is 2.33 bits per heavy atom. The van der Waals surface area contributed by atoms with E-state index in [0.717, 1.165) is 27.7 Å². The number of nitrogens with two attached hydrogens (primary N) is 2. The van der Waals surface area contributed by atoms with Gasteiger partial charge in [-0.25, -0.2) is 15.7 Å². The molecule has 0 saturated carbocycles. The molecular formula is C29H29ClF2N5O4PS. The zero-order valence-corrected chi connectivity index (χ0v) is 25.3. The molecule has 0 fully saturated rings. The van der Waals surface area contributed by atoms with Crippen LogP contribution in [0.5, 0.6) is 5.75 Å². The van der Waals surface area contributed by atoms with Crippen molar-refractivity contribution in [2.45, 2.75) is 23.6 Å². The standard InChI is InChI=1S/C29H29ClF2N5O4PS/c1-41-26-7-2-3-8-27(26)43-37(18-20-11-14-24(25(30)15-20)29(31,32)42(38,39)40)17-19-9-12-21(13-10-19)22-5-4-6-23(16-22)28(33)35-36-34/h2-16,36H,17-18,34H2,1H3,(H2,33,35)(H2,38,39,40). The van der Waals surface area contributed by atoms with Gasteiger partial charge in [-0.3, -0.25) is 4.57 Å². The molecule has 4 aromatic rings. The van der Waals surface area contributed by atoms with E-state index in [2.05, 4.69) is 10.6 Å². The Morgan fingerprint density at radius 1 is 1.00 bits per heavy atom. The number of ether oxygens (including phenoxy) is 1. The Hall–Kier alpha value is -3.48. The number of para-hydroxylation sites is 1. The normalized spacial score (nSPS) is 12.4. The highest BCUT2D eigenvalue weighted by Crippen LogP contribution is 2.60. The first-order valence-electron chi connectivity index (χ1n) is 12.7. The second-order valence-corrected chi connectivity index (χ2v) is 12.5. The average molecular weight is 648 g/mol. The molecule has 0 atom stereocenters. The van der Waals surface area contributed by atoms with Crippen LogP contribution in [0.4, 0.5) is 8.78 Å². The van der Waals surface area contributed by atoms with Crippen molar-refractivity contribution in [2.75, 3.05) is 7.11 Å². The van der Waals surface area contributed by atoms with E-state index in [-0.39, 0.29) is 12.4 Å². The van der Waals surface area contributed by atoms with Gasteiger partial charge in [-0.05, 0) is 58.5 Å². The summed E-state index contributed by atoms with van der Waals surface area (Å²) in [7, 11) is -4.19. The number of alkyl halides is 2. The van der Waals surface area contributed by atoms with Crippen LogP contribution < -0.4 is 21.8 Å². The number of rotatable bonds is 12. The molecule has 0 radical (unpaired) electrons. The molecule has 0 aromatic heterocycles. The molecule has 0 spiro atoms. The molecule has 4 aromatic carbocycles. The molecule has 226 valence electrons. The molecule has 9 nitrogen and oxygen atoms in total. The fourth-order valence-electron chi connectivity index (χ4n) is 4.21. The van der Waals surface area contributed by atoms with Crippen LogP contribution in [0.25, 0.3) is 11.1 Å². The van der Waals surface area contributed by atoms with Crippen LogP contribution in [0.15, 0.2) is 101 Å². The zero-order valence-electron chi connectivity index (χ0n) is 22.8. The Bertz CT molecular complexity index is 1660.